The zero-order valence-corrected chi connectivity index (χ0v) is 29.3. The van der Waals surface area contributed by atoms with Gasteiger partial charge in [-0.1, -0.05) is 148 Å². The van der Waals surface area contributed by atoms with E-state index >= 15 is 0 Å². The molecule has 0 saturated carbocycles. The smallest absolute Gasteiger partial charge is 0.220 e. The maximum absolute atomic E-state index is 12.8. The maximum atomic E-state index is 12.8. The lowest BCUT2D eigenvalue weighted by atomic mass is 9.99. The van der Waals surface area contributed by atoms with Gasteiger partial charge in [-0.3, -0.25) is 4.79 Å². The van der Waals surface area contributed by atoms with Gasteiger partial charge in [0.1, 0.15) is 24.4 Å². The zero-order chi connectivity index (χ0) is 33.8. The first kappa shape index (κ1) is 43.0. The van der Waals surface area contributed by atoms with Gasteiger partial charge in [-0.25, -0.2) is 0 Å². The van der Waals surface area contributed by atoms with Crippen LogP contribution in [0.3, 0.4) is 0 Å². The Labute approximate surface area is 280 Å². The highest BCUT2D eigenvalue weighted by molar-refractivity contribution is 5.76. The minimum Gasteiger partial charge on any atom is -0.394 e. The highest BCUT2D eigenvalue weighted by Crippen LogP contribution is 2.22. The molecule has 0 aromatic carbocycles. The van der Waals surface area contributed by atoms with Gasteiger partial charge >= 0.3 is 0 Å². The van der Waals surface area contributed by atoms with Crippen LogP contribution < -0.4 is 5.32 Å². The van der Waals surface area contributed by atoms with Gasteiger partial charge in [0.25, 0.3) is 0 Å². The van der Waals surface area contributed by atoms with Crippen molar-refractivity contribution in [3.8, 4) is 0 Å². The molecule has 0 bridgehead atoms. The van der Waals surface area contributed by atoms with Gasteiger partial charge in [-0.05, 0) is 19.3 Å². The molecule has 1 amide bonds. The first-order valence-corrected chi connectivity index (χ1v) is 18.9. The van der Waals surface area contributed by atoms with E-state index in [-0.39, 0.29) is 12.5 Å². The summed E-state index contributed by atoms with van der Waals surface area (Å²) >= 11 is 0. The third kappa shape index (κ3) is 20.3. The van der Waals surface area contributed by atoms with Gasteiger partial charge in [0.2, 0.25) is 5.91 Å². The molecule has 1 rings (SSSR count). The number of hydrogen-bond acceptors (Lipinski definition) is 8. The SMILES string of the molecule is CCCCCCCCCCCCC/C=C/C(O)C(COC1OC(CO)C(O)C(O)C1O)NC(=O)CCCCCCCCCCCC. The van der Waals surface area contributed by atoms with Crippen LogP contribution in [-0.4, -0.2) is 87.5 Å². The zero-order valence-electron chi connectivity index (χ0n) is 29.3. The van der Waals surface area contributed by atoms with Gasteiger partial charge in [0.15, 0.2) is 6.29 Å². The molecule has 0 aliphatic carbocycles. The molecule has 1 fully saturated rings. The number of amides is 1. The monoisotopic (exact) mass is 658 g/mol. The van der Waals surface area contributed by atoms with Crippen LogP contribution >= 0.6 is 0 Å². The standard InChI is InChI=1S/C37H71NO8/c1-3-5-7-9-11-13-15-16-17-18-20-22-24-26-31(40)30(29-45-37-36(44)35(43)34(42)32(28-39)46-37)38-33(41)27-25-23-21-19-14-12-10-8-6-4-2/h24,26,30-32,34-37,39-40,42-44H,3-23,25,27-29H2,1-2H3,(H,38,41)/b26-24+. The van der Waals surface area contributed by atoms with Crippen LogP contribution in [0, 0.1) is 0 Å². The van der Waals surface area contributed by atoms with Crippen LogP contribution in [-0.2, 0) is 14.3 Å². The molecular formula is C37H71NO8. The second-order valence-electron chi connectivity index (χ2n) is 13.4. The van der Waals surface area contributed by atoms with Crippen LogP contribution in [0.25, 0.3) is 0 Å². The number of nitrogens with one attached hydrogen (secondary N) is 1. The number of carbonyl (C=O) groups excluding carboxylic acids is 1. The Bertz CT molecular complexity index is 736. The van der Waals surface area contributed by atoms with Crippen molar-refractivity contribution in [2.45, 2.75) is 204 Å². The normalized spacial score (nSPS) is 23.2. The number of aliphatic hydroxyl groups excluding tert-OH is 5. The maximum Gasteiger partial charge on any atom is 0.220 e. The predicted octanol–water partition coefficient (Wildman–Crippen LogP) is 6.22. The molecule has 7 unspecified atom stereocenters. The van der Waals surface area contributed by atoms with Gasteiger partial charge in [-0.2, -0.15) is 0 Å². The van der Waals surface area contributed by atoms with Gasteiger partial charge in [0.05, 0.1) is 25.4 Å². The highest BCUT2D eigenvalue weighted by Gasteiger charge is 2.44. The van der Waals surface area contributed by atoms with E-state index in [0.717, 1.165) is 38.5 Å². The van der Waals surface area contributed by atoms with Crippen LogP contribution in [0.4, 0.5) is 0 Å². The topological polar surface area (TPSA) is 149 Å². The van der Waals surface area contributed by atoms with Crippen LogP contribution in [0.15, 0.2) is 12.2 Å². The number of carbonyl (C=O) groups is 1. The second-order valence-corrected chi connectivity index (χ2v) is 13.4. The fourth-order valence-corrected chi connectivity index (χ4v) is 5.98. The molecule has 9 nitrogen and oxygen atoms in total. The molecule has 0 aromatic rings. The first-order chi connectivity index (χ1) is 22.3. The third-order valence-corrected chi connectivity index (χ3v) is 9.11. The summed E-state index contributed by atoms with van der Waals surface area (Å²) < 4.78 is 11.1. The lowest BCUT2D eigenvalue weighted by Gasteiger charge is -2.40. The average molecular weight is 658 g/mol. The van der Waals surface area contributed by atoms with E-state index in [1.165, 1.54) is 103 Å². The first-order valence-electron chi connectivity index (χ1n) is 18.9. The number of rotatable bonds is 30. The molecule has 7 atom stereocenters. The van der Waals surface area contributed by atoms with Crippen molar-refractivity contribution in [2.75, 3.05) is 13.2 Å². The van der Waals surface area contributed by atoms with Gasteiger partial charge < -0.3 is 40.3 Å². The summed E-state index contributed by atoms with van der Waals surface area (Å²) in [7, 11) is 0. The third-order valence-electron chi connectivity index (χ3n) is 9.11. The lowest BCUT2D eigenvalue weighted by Crippen LogP contribution is -2.60. The molecule has 9 heteroatoms. The lowest BCUT2D eigenvalue weighted by molar-refractivity contribution is -0.302. The molecule has 1 aliphatic heterocycles. The van der Waals surface area contributed by atoms with Crippen molar-refractivity contribution in [1.82, 2.24) is 5.32 Å². The largest absolute Gasteiger partial charge is 0.394 e. The summed E-state index contributed by atoms with van der Waals surface area (Å²) in [5, 5.41) is 53.8. The molecular weight excluding hydrogens is 586 g/mol. The molecule has 1 heterocycles. The number of ether oxygens (including phenoxy) is 2. The van der Waals surface area contributed by atoms with E-state index in [9.17, 15) is 30.3 Å². The summed E-state index contributed by atoms with van der Waals surface area (Å²) in [6.45, 7) is 3.73. The van der Waals surface area contributed by atoms with E-state index in [2.05, 4.69) is 19.2 Å². The van der Waals surface area contributed by atoms with Crippen LogP contribution in [0.2, 0.25) is 0 Å². The van der Waals surface area contributed by atoms with E-state index < -0.39 is 49.5 Å². The molecule has 272 valence electrons. The van der Waals surface area contributed by atoms with Crippen molar-refractivity contribution in [2.24, 2.45) is 0 Å². The summed E-state index contributed by atoms with van der Waals surface area (Å²) in [5.41, 5.74) is 0. The molecule has 6 N–H and O–H groups in total. The molecule has 1 saturated heterocycles. The predicted molar refractivity (Wildman–Crippen MR) is 184 cm³/mol. The quantitative estimate of drug-likeness (QED) is 0.0394. The fraction of sp³-hybridized carbons (Fsp3) is 0.919. The van der Waals surface area contributed by atoms with Crippen LogP contribution in [0.1, 0.15) is 162 Å². The number of aliphatic hydroxyl groups is 5. The van der Waals surface area contributed by atoms with Crippen molar-refractivity contribution >= 4 is 5.91 Å². The van der Waals surface area contributed by atoms with E-state index in [4.69, 9.17) is 9.47 Å². The summed E-state index contributed by atoms with van der Waals surface area (Å²) in [6, 6.07) is -0.795. The molecule has 0 aromatic heterocycles. The molecule has 1 aliphatic rings. The number of unbranched alkanes of at least 4 members (excludes halogenated alkanes) is 20. The van der Waals surface area contributed by atoms with Gasteiger partial charge in [-0.15, -0.1) is 0 Å². The average Bonchev–Trinajstić information content (AvgIpc) is 3.05. The number of allylic oxidation sites excluding steroid dienone is 1. The Kier molecular flexibility index (Phi) is 27.0. The fourth-order valence-electron chi connectivity index (χ4n) is 5.98. The summed E-state index contributed by atoms with van der Waals surface area (Å²) in [4.78, 5) is 12.8. The highest BCUT2D eigenvalue weighted by atomic mass is 16.7. The Morgan fingerprint density at radius 3 is 1.70 bits per heavy atom. The van der Waals surface area contributed by atoms with E-state index in [1.807, 2.05) is 6.08 Å². The Morgan fingerprint density at radius 2 is 1.20 bits per heavy atom. The molecule has 0 radical (unpaired) electrons. The minimum atomic E-state index is -1.56. The number of hydrogen-bond donors (Lipinski definition) is 6. The van der Waals surface area contributed by atoms with Gasteiger partial charge in [0, 0.05) is 6.42 Å². The second kappa shape index (κ2) is 28.9. The van der Waals surface area contributed by atoms with E-state index in [1.54, 1.807) is 6.08 Å². The Morgan fingerprint density at radius 1 is 0.717 bits per heavy atom. The Balaban J connectivity index is 2.48. The molecule has 46 heavy (non-hydrogen) atoms. The van der Waals surface area contributed by atoms with Crippen LogP contribution in [0.5, 0.6) is 0 Å². The van der Waals surface area contributed by atoms with Crippen molar-refractivity contribution in [3.05, 3.63) is 12.2 Å². The van der Waals surface area contributed by atoms with Crippen molar-refractivity contribution in [1.29, 1.82) is 0 Å². The summed E-state index contributed by atoms with van der Waals surface area (Å²) in [6.07, 6.45) is 22.5. The van der Waals surface area contributed by atoms with Crippen molar-refractivity contribution < 1.29 is 39.8 Å². The Hall–Kier alpha value is -1.07. The molecule has 0 spiro atoms. The minimum absolute atomic E-state index is 0.181. The summed E-state index contributed by atoms with van der Waals surface area (Å²) in [5.74, 6) is -0.181. The van der Waals surface area contributed by atoms with E-state index in [0.29, 0.717) is 6.42 Å². The van der Waals surface area contributed by atoms with Crippen molar-refractivity contribution in [3.63, 3.8) is 0 Å².